The van der Waals surface area contributed by atoms with Crippen molar-refractivity contribution in [1.29, 1.82) is 0 Å². The van der Waals surface area contributed by atoms with Crippen LogP contribution in [0.3, 0.4) is 0 Å². The minimum atomic E-state index is -4.89. The molecule has 0 aliphatic rings. The van der Waals surface area contributed by atoms with E-state index in [4.69, 9.17) is 0 Å². The van der Waals surface area contributed by atoms with E-state index in [-0.39, 0.29) is 32.8 Å². The SMILES string of the molecule is O=C(CSC(=O)c1cccnc1)c1ccc(NS(=O)(=O)c2ccc(OC(F)(F)F)cc2)cc1. The van der Waals surface area contributed by atoms with E-state index < -0.39 is 22.1 Å². The first-order valence-electron chi connectivity index (χ1n) is 9.12. The fourth-order valence-corrected chi connectivity index (χ4v) is 4.31. The van der Waals surface area contributed by atoms with E-state index in [0.717, 1.165) is 36.0 Å². The van der Waals surface area contributed by atoms with Gasteiger partial charge in [0.2, 0.25) is 5.12 Å². The summed E-state index contributed by atoms with van der Waals surface area (Å²) < 4.78 is 67.5. The van der Waals surface area contributed by atoms with Gasteiger partial charge in [-0.2, -0.15) is 0 Å². The Kier molecular flexibility index (Phi) is 7.39. The van der Waals surface area contributed by atoms with Gasteiger partial charge < -0.3 is 4.74 Å². The number of carbonyl (C=O) groups is 2. The molecule has 0 unspecified atom stereocenters. The lowest BCUT2D eigenvalue weighted by Gasteiger charge is -2.11. The van der Waals surface area contributed by atoms with E-state index in [9.17, 15) is 31.2 Å². The molecule has 0 bridgehead atoms. The molecule has 0 aliphatic heterocycles. The average Bonchev–Trinajstić information content (AvgIpc) is 2.77. The maximum absolute atomic E-state index is 12.4. The van der Waals surface area contributed by atoms with Gasteiger partial charge in [-0.05, 0) is 60.7 Å². The lowest BCUT2D eigenvalue weighted by molar-refractivity contribution is -0.274. The van der Waals surface area contributed by atoms with E-state index in [2.05, 4.69) is 14.4 Å². The van der Waals surface area contributed by atoms with Crippen LogP contribution in [-0.4, -0.2) is 36.4 Å². The van der Waals surface area contributed by atoms with Crippen molar-refractivity contribution in [2.24, 2.45) is 0 Å². The van der Waals surface area contributed by atoms with Gasteiger partial charge in [-0.1, -0.05) is 11.8 Å². The minimum absolute atomic E-state index is 0.106. The summed E-state index contributed by atoms with van der Waals surface area (Å²) >= 11 is 0.828. The maximum Gasteiger partial charge on any atom is 0.573 e. The van der Waals surface area contributed by atoms with Crippen LogP contribution in [0.4, 0.5) is 18.9 Å². The van der Waals surface area contributed by atoms with Crippen LogP contribution in [0.1, 0.15) is 20.7 Å². The van der Waals surface area contributed by atoms with Crippen molar-refractivity contribution >= 4 is 38.4 Å². The van der Waals surface area contributed by atoms with Gasteiger partial charge in [-0.25, -0.2) is 8.42 Å². The molecule has 2 aromatic carbocycles. The zero-order chi connectivity index (χ0) is 24.1. The predicted octanol–water partition coefficient (Wildman–Crippen LogP) is 4.54. The molecule has 12 heteroatoms. The third kappa shape index (κ3) is 7.05. The first-order valence-corrected chi connectivity index (χ1v) is 11.6. The Bertz CT molecular complexity index is 1230. The number of sulfonamides is 1. The zero-order valence-electron chi connectivity index (χ0n) is 16.6. The number of anilines is 1. The summed E-state index contributed by atoms with van der Waals surface area (Å²) in [5.41, 5.74) is 0.789. The second-order valence-corrected chi connectivity index (χ2v) is 9.07. The molecule has 0 aliphatic carbocycles. The largest absolute Gasteiger partial charge is 0.573 e. The van der Waals surface area contributed by atoms with Crippen LogP contribution in [0.2, 0.25) is 0 Å². The van der Waals surface area contributed by atoms with E-state index in [1.807, 2.05) is 0 Å². The Morgan fingerprint density at radius 2 is 1.64 bits per heavy atom. The molecule has 7 nitrogen and oxygen atoms in total. The molecule has 0 radical (unpaired) electrons. The fraction of sp³-hybridized carbons (Fsp3) is 0.0952. The van der Waals surface area contributed by atoms with Crippen molar-refractivity contribution in [3.8, 4) is 5.75 Å². The highest BCUT2D eigenvalue weighted by Gasteiger charge is 2.31. The number of pyridine rings is 1. The molecular formula is C21H15F3N2O5S2. The molecule has 33 heavy (non-hydrogen) atoms. The highest BCUT2D eigenvalue weighted by atomic mass is 32.2. The molecular weight excluding hydrogens is 481 g/mol. The first-order chi connectivity index (χ1) is 15.5. The summed E-state index contributed by atoms with van der Waals surface area (Å²) in [6.07, 6.45) is -1.96. The molecule has 0 amide bonds. The highest BCUT2D eigenvalue weighted by molar-refractivity contribution is 8.14. The predicted molar refractivity (Wildman–Crippen MR) is 116 cm³/mol. The molecule has 0 saturated carbocycles. The topological polar surface area (TPSA) is 102 Å². The normalized spacial score (nSPS) is 11.6. The summed E-state index contributed by atoms with van der Waals surface area (Å²) in [5, 5.41) is -0.299. The van der Waals surface area contributed by atoms with Gasteiger partial charge in [0, 0.05) is 29.2 Å². The quantitative estimate of drug-likeness (QED) is 0.457. The van der Waals surface area contributed by atoms with E-state index in [1.54, 1.807) is 12.1 Å². The van der Waals surface area contributed by atoms with E-state index >= 15 is 0 Å². The smallest absolute Gasteiger partial charge is 0.406 e. The number of carbonyl (C=O) groups excluding carboxylic acids is 2. The van der Waals surface area contributed by atoms with Gasteiger partial charge in [-0.15, -0.1) is 13.2 Å². The van der Waals surface area contributed by atoms with Crippen molar-refractivity contribution in [2.75, 3.05) is 10.5 Å². The molecule has 0 atom stereocenters. The number of nitrogens with one attached hydrogen (secondary N) is 1. The number of aromatic nitrogens is 1. The monoisotopic (exact) mass is 496 g/mol. The van der Waals surface area contributed by atoms with Crippen molar-refractivity contribution in [3.63, 3.8) is 0 Å². The van der Waals surface area contributed by atoms with Gasteiger partial charge in [0.15, 0.2) is 5.78 Å². The van der Waals surface area contributed by atoms with Crippen LogP contribution in [0.15, 0.2) is 78.0 Å². The number of hydrogen-bond donors (Lipinski definition) is 1. The Hall–Kier alpha value is -3.38. The number of ether oxygens (including phenoxy) is 1. The lowest BCUT2D eigenvalue weighted by Crippen LogP contribution is -2.17. The molecule has 0 fully saturated rings. The molecule has 0 saturated heterocycles. The Labute approximate surface area is 191 Å². The van der Waals surface area contributed by atoms with Gasteiger partial charge in [0.25, 0.3) is 10.0 Å². The van der Waals surface area contributed by atoms with Crippen molar-refractivity contribution in [1.82, 2.24) is 4.98 Å². The standard InChI is InChI=1S/C21H15F3N2O5S2/c22-21(23,24)31-17-7-9-18(10-8-17)33(29,30)26-16-5-3-14(4-6-16)19(27)13-32-20(28)15-2-1-11-25-12-15/h1-12,26H,13H2. The van der Waals surface area contributed by atoms with Crippen LogP contribution < -0.4 is 9.46 Å². The third-order valence-corrected chi connectivity index (χ3v) is 6.36. The summed E-state index contributed by atoms with van der Waals surface area (Å²) in [5.74, 6) is -0.985. The number of halogens is 3. The number of Topliss-reactive ketones (excluding diaryl/α,β-unsaturated/α-hetero) is 1. The van der Waals surface area contributed by atoms with Gasteiger partial charge in [-0.3, -0.25) is 19.3 Å². The number of hydrogen-bond acceptors (Lipinski definition) is 7. The summed E-state index contributed by atoms with van der Waals surface area (Å²) in [4.78, 5) is 27.9. The molecule has 0 spiro atoms. The van der Waals surface area contributed by atoms with Gasteiger partial charge in [0.1, 0.15) is 5.75 Å². The van der Waals surface area contributed by atoms with E-state index in [1.165, 1.54) is 36.7 Å². The Morgan fingerprint density at radius 1 is 0.970 bits per heavy atom. The summed E-state index contributed by atoms with van der Waals surface area (Å²) in [6.45, 7) is 0. The zero-order valence-corrected chi connectivity index (χ0v) is 18.2. The Balaban J connectivity index is 1.60. The fourth-order valence-electron chi connectivity index (χ4n) is 2.54. The number of thioether (sulfide) groups is 1. The van der Waals surface area contributed by atoms with Gasteiger partial charge >= 0.3 is 6.36 Å². The molecule has 172 valence electrons. The maximum atomic E-state index is 12.4. The molecule has 1 heterocycles. The Morgan fingerprint density at radius 3 is 2.21 bits per heavy atom. The number of alkyl halides is 3. The van der Waals surface area contributed by atoms with Crippen LogP contribution in [0, 0.1) is 0 Å². The van der Waals surface area contributed by atoms with Crippen molar-refractivity contribution in [2.45, 2.75) is 11.3 Å². The molecule has 1 aromatic heterocycles. The minimum Gasteiger partial charge on any atom is -0.406 e. The van der Waals surface area contributed by atoms with Crippen LogP contribution in [0.25, 0.3) is 0 Å². The summed E-state index contributed by atoms with van der Waals surface area (Å²) in [7, 11) is -4.09. The summed E-state index contributed by atoms with van der Waals surface area (Å²) in [6, 6.07) is 12.4. The van der Waals surface area contributed by atoms with Crippen LogP contribution >= 0.6 is 11.8 Å². The number of benzene rings is 2. The number of ketones is 1. The van der Waals surface area contributed by atoms with Crippen LogP contribution in [-0.2, 0) is 10.0 Å². The van der Waals surface area contributed by atoms with Crippen LogP contribution in [0.5, 0.6) is 5.75 Å². The van der Waals surface area contributed by atoms with Crippen molar-refractivity contribution in [3.05, 3.63) is 84.2 Å². The first kappa shape index (κ1) is 24.3. The molecule has 1 N–H and O–H groups in total. The average molecular weight is 496 g/mol. The van der Waals surface area contributed by atoms with Crippen molar-refractivity contribution < 1.29 is 35.9 Å². The third-order valence-electron chi connectivity index (χ3n) is 4.06. The highest BCUT2D eigenvalue weighted by Crippen LogP contribution is 2.25. The second kappa shape index (κ2) is 10.0. The van der Waals surface area contributed by atoms with E-state index in [0.29, 0.717) is 5.56 Å². The van der Waals surface area contributed by atoms with Gasteiger partial charge in [0.05, 0.1) is 10.6 Å². The number of rotatable bonds is 8. The molecule has 3 aromatic rings. The molecule has 3 rings (SSSR count). The second-order valence-electron chi connectivity index (χ2n) is 6.44. The number of nitrogens with zero attached hydrogens (tertiary/aromatic N) is 1. The lowest BCUT2D eigenvalue weighted by atomic mass is 10.1.